The lowest BCUT2D eigenvalue weighted by molar-refractivity contribution is -0.0500. The van der Waals surface area contributed by atoms with Gasteiger partial charge < -0.3 is 9.50 Å². The van der Waals surface area contributed by atoms with Crippen molar-refractivity contribution in [1.29, 1.82) is 0 Å². The number of hydrogen-bond acceptors (Lipinski definition) is 4. The maximum Gasteiger partial charge on any atom is 0.534 e. The Morgan fingerprint density at radius 2 is 1.81 bits per heavy atom. The molecule has 0 unspecified atom stereocenters. The van der Waals surface area contributed by atoms with Crippen molar-refractivity contribution in [3.63, 3.8) is 0 Å². The van der Waals surface area contributed by atoms with E-state index < -0.39 is 15.6 Å². The van der Waals surface area contributed by atoms with Crippen LogP contribution in [-0.2, 0) is 29.5 Å². The molecule has 2 aromatic carbocycles. The minimum Gasteiger partial charge on any atom is -0.376 e. The summed E-state index contributed by atoms with van der Waals surface area (Å²) in [7, 11) is -5.66. The van der Waals surface area contributed by atoms with Crippen LogP contribution < -0.4 is 9.50 Å². The van der Waals surface area contributed by atoms with Crippen molar-refractivity contribution in [1.82, 2.24) is 5.32 Å². The van der Waals surface area contributed by atoms with Crippen molar-refractivity contribution in [2.75, 3.05) is 0 Å². The monoisotopic (exact) mass is 385 g/mol. The molecule has 26 heavy (non-hydrogen) atoms. The largest absolute Gasteiger partial charge is 0.534 e. The second-order valence-electron chi connectivity index (χ2n) is 6.18. The van der Waals surface area contributed by atoms with Crippen molar-refractivity contribution in [3.8, 4) is 5.75 Å². The summed E-state index contributed by atoms with van der Waals surface area (Å²) in [5.74, 6) is -0.235. The minimum absolute atomic E-state index is 0.164. The van der Waals surface area contributed by atoms with E-state index in [1.54, 1.807) is 6.07 Å². The van der Waals surface area contributed by atoms with Crippen LogP contribution in [0.2, 0.25) is 0 Å². The van der Waals surface area contributed by atoms with Gasteiger partial charge in [0.25, 0.3) is 0 Å². The van der Waals surface area contributed by atoms with Gasteiger partial charge in [-0.25, -0.2) is 0 Å². The van der Waals surface area contributed by atoms with E-state index in [2.05, 4.69) is 9.50 Å². The van der Waals surface area contributed by atoms with E-state index in [1.165, 1.54) is 12.1 Å². The smallest absolute Gasteiger partial charge is 0.376 e. The van der Waals surface area contributed by atoms with E-state index >= 15 is 0 Å². The van der Waals surface area contributed by atoms with Crippen LogP contribution in [0.25, 0.3) is 0 Å². The van der Waals surface area contributed by atoms with Gasteiger partial charge in [-0.2, -0.15) is 21.6 Å². The van der Waals surface area contributed by atoms with Crippen LogP contribution in [0.1, 0.15) is 23.1 Å². The second kappa shape index (κ2) is 7.28. The molecular formula is C18H18F3NO3S. The summed E-state index contributed by atoms with van der Waals surface area (Å²) < 4.78 is 64.6. The first-order chi connectivity index (χ1) is 12.3. The van der Waals surface area contributed by atoms with Gasteiger partial charge in [-0.3, -0.25) is 0 Å². The molecular weight excluding hydrogens is 367 g/mol. The lowest BCUT2D eigenvalue weighted by Gasteiger charge is -2.27. The molecule has 0 saturated carbocycles. The van der Waals surface area contributed by atoms with Crippen LogP contribution in [-0.4, -0.2) is 20.0 Å². The van der Waals surface area contributed by atoms with E-state index in [-0.39, 0.29) is 11.8 Å². The lowest BCUT2D eigenvalue weighted by Crippen LogP contribution is -2.34. The molecule has 0 saturated heterocycles. The molecule has 0 aliphatic heterocycles. The molecule has 1 N–H and O–H groups in total. The van der Waals surface area contributed by atoms with E-state index in [1.807, 2.05) is 30.3 Å². The number of benzene rings is 2. The predicted molar refractivity (Wildman–Crippen MR) is 91.1 cm³/mol. The fourth-order valence-corrected chi connectivity index (χ4v) is 3.54. The lowest BCUT2D eigenvalue weighted by atomic mass is 9.87. The van der Waals surface area contributed by atoms with Crippen molar-refractivity contribution in [3.05, 3.63) is 65.2 Å². The highest BCUT2D eigenvalue weighted by Gasteiger charge is 2.48. The molecule has 1 aliphatic carbocycles. The Morgan fingerprint density at radius 3 is 2.50 bits per heavy atom. The summed E-state index contributed by atoms with van der Waals surface area (Å²) in [5, 5.41) is 3.43. The van der Waals surface area contributed by atoms with Crippen LogP contribution in [0.5, 0.6) is 5.75 Å². The highest BCUT2D eigenvalue weighted by molar-refractivity contribution is 7.88. The molecule has 0 spiro atoms. The van der Waals surface area contributed by atoms with E-state index in [0.717, 1.165) is 11.1 Å². The Kier molecular flexibility index (Phi) is 5.24. The van der Waals surface area contributed by atoms with E-state index in [9.17, 15) is 21.6 Å². The molecule has 2 aromatic rings. The average molecular weight is 385 g/mol. The summed E-state index contributed by atoms with van der Waals surface area (Å²) in [4.78, 5) is 0. The number of rotatable bonds is 5. The summed E-state index contributed by atoms with van der Waals surface area (Å²) in [6, 6.07) is 14.6. The zero-order valence-electron chi connectivity index (χ0n) is 13.8. The standard InChI is InChI=1S/C18H18F3NO3S/c19-18(20,21)26(23,24)25-17-8-4-7-14-11-15(9-10-16(14)17)22-12-13-5-2-1-3-6-13/h1-8,15,22H,9-12H2/t15-/m0/s1. The zero-order valence-corrected chi connectivity index (χ0v) is 14.6. The molecule has 0 heterocycles. The third-order valence-corrected chi connectivity index (χ3v) is 5.33. The fourth-order valence-electron chi connectivity index (χ4n) is 3.05. The summed E-state index contributed by atoms with van der Waals surface area (Å²) in [5.41, 5.74) is -2.97. The maximum atomic E-state index is 12.6. The van der Waals surface area contributed by atoms with Crippen LogP contribution in [0.15, 0.2) is 48.5 Å². The summed E-state index contributed by atoms with van der Waals surface area (Å²) in [6.07, 6.45) is 1.74. The van der Waals surface area contributed by atoms with Gasteiger partial charge in [-0.15, -0.1) is 0 Å². The molecule has 1 aliphatic rings. The quantitative estimate of drug-likeness (QED) is 0.632. The van der Waals surface area contributed by atoms with E-state index in [4.69, 9.17) is 0 Å². The zero-order chi connectivity index (χ0) is 18.8. The topological polar surface area (TPSA) is 55.4 Å². The second-order valence-corrected chi connectivity index (χ2v) is 7.72. The summed E-state index contributed by atoms with van der Waals surface area (Å²) in [6.45, 7) is 0.694. The summed E-state index contributed by atoms with van der Waals surface area (Å²) >= 11 is 0. The number of fused-ring (bicyclic) bond motifs is 1. The van der Waals surface area contributed by atoms with Gasteiger partial charge in [-0.1, -0.05) is 42.5 Å². The Balaban J connectivity index is 1.71. The van der Waals surface area contributed by atoms with Crippen molar-refractivity contribution < 1.29 is 25.8 Å². The number of alkyl halides is 3. The molecule has 0 aromatic heterocycles. The highest BCUT2D eigenvalue weighted by atomic mass is 32.2. The van der Waals surface area contributed by atoms with Gasteiger partial charge >= 0.3 is 15.6 Å². The Labute approximate surface area is 150 Å². The molecule has 0 amide bonds. The Morgan fingerprint density at radius 1 is 1.08 bits per heavy atom. The van der Waals surface area contributed by atoms with Gasteiger partial charge in [-0.05, 0) is 42.0 Å². The molecule has 3 rings (SSSR count). The van der Waals surface area contributed by atoms with Crippen LogP contribution in [0.4, 0.5) is 13.2 Å². The van der Waals surface area contributed by atoms with Gasteiger partial charge in [0.1, 0.15) is 5.75 Å². The van der Waals surface area contributed by atoms with Gasteiger partial charge in [0.05, 0.1) is 0 Å². The molecule has 8 heteroatoms. The predicted octanol–water partition coefficient (Wildman–Crippen LogP) is 3.56. The molecule has 0 bridgehead atoms. The number of halogens is 3. The first kappa shape index (κ1) is 18.7. The first-order valence-electron chi connectivity index (χ1n) is 8.15. The van der Waals surface area contributed by atoms with Gasteiger partial charge in [0.15, 0.2) is 0 Å². The van der Waals surface area contributed by atoms with Crippen LogP contribution >= 0.6 is 0 Å². The van der Waals surface area contributed by atoms with Crippen molar-refractivity contribution >= 4 is 10.1 Å². The number of hydrogen-bond donors (Lipinski definition) is 1. The molecule has 1 atom stereocenters. The van der Waals surface area contributed by atoms with Crippen LogP contribution in [0.3, 0.4) is 0 Å². The molecule has 0 radical (unpaired) electrons. The van der Waals surface area contributed by atoms with E-state index in [0.29, 0.717) is 31.4 Å². The molecule has 4 nitrogen and oxygen atoms in total. The Bertz CT molecular complexity index is 867. The average Bonchev–Trinajstić information content (AvgIpc) is 2.59. The minimum atomic E-state index is -5.66. The third-order valence-electron chi connectivity index (χ3n) is 4.36. The highest BCUT2D eigenvalue weighted by Crippen LogP contribution is 2.33. The van der Waals surface area contributed by atoms with Gasteiger partial charge in [0, 0.05) is 12.6 Å². The van der Waals surface area contributed by atoms with Gasteiger partial charge in [0.2, 0.25) is 0 Å². The fraction of sp³-hybridized carbons (Fsp3) is 0.333. The molecule has 140 valence electrons. The maximum absolute atomic E-state index is 12.6. The molecule has 0 fully saturated rings. The normalized spacial score (nSPS) is 17.6. The van der Waals surface area contributed by atoms with Crippen molar-refractivity contribution in [2.45, 2.75) is 37.4 Å². The number of nitrogens with one attached hydrogen (secondary N) is 1. The van der Waals surface area contributed by atoms with Crippen molar-refractivity contribution in [2.24, 2.45) is 0 Å². The first-order valence-corrected chi connectivity index (χ1v) is 9.56. The Hall–Kier alpha value is -2.06. The SMILES string of the molecule is O=S(=O)(Oc1cccc2c1CC[C@H](NCc1ccccc1)C2)C(F)(F)F. The third kappa shape index (κ3) is 4.19. The van der Waals surface area contributed by atoms with Crippen LogP contribution in [0, 0.1) is 0 Å².